The average molecular weight is 472 g/mol. The predicted octanol–water partition coefficient (Wildman–Crippen LogP) is 5.82. The lowest BCUT2D eigenvalue weighted by atomic mass is 9.74. The van der Waals surface area contributed by atoms with E-state index < -0.39 is 0 Å². The van der Waals surface area contributed by atoms with Gasteiger partial charge in [0.05, 0.1) is 18.2 Å². The van der Waals surface area contributed by atoms with E-state index in [1.807, 2.05) is 84.9 Å². The summed E-state index contributed by atoms with van der Waals surface area (Å²) in [4.78, 5) is 25.9. The van der Waals surface area contributed by atoms with Gasteiger partial charge in [-0.15, -0.1) is 0 Å². The van der Waals surface area contributed by atoms with Gasteiger partial charge in [-0.25, -0.2) is 4.79 Å². The number of carbonyl (C=O) groups is 2. The zero-order valence-corrected chi connectivity index (χ0v) is 20.2. The van der Waals surface area contributed by atoms with Crippen molar-refractivity contribution < 1.29 is 19.1 Å². The summed E-state index contributed by atoms with van der Waals surface area (Å²) in [5.41, 5.74) is 3.60. The van der Waals surface area contributed by atoms with Crippen LogP contribution in [0.1, 0.15) is 64.7 Å². The summed E-state index contributed by atoms with van der Waals surface area (Å²) < 4.78 is 10.8. The molecule has 1 amide bonds. The topological polar surface area (TPSA) is 64.6 Å². The van der Waals surface area contributed by atoms with Gasteiger partial charge in [0.25, 0.3) is 0 Å². The molecule has 1 N–H and O–H groups in total. The van der Waals surface area contributed by atoms with Crippen LogP contribution < -0.4 is 5.32 Å². The molecule has 35 heavy (non-hydrogen) atoms. The van der Waals surface area contributed by atoms with Crippen molar-refractivity contribution in [1.82, 2.24) is 5.32 Å². The number of benzene rings is 3. The molecule has 5 heteroatoms. The molecule has 0 spiro atoms. The van der Waals surface area contributed by atoms with E-state index in [0.717, 1.165) is 42.4 Å². The molecule has 0 unspecified atom stereocenters. The van der Waals surface area contributed by atoms with Crippen molar-refractivity contribution in [1.29, 1.82) is 0 Å². The number of methoxy groups -OCH3 is 1. The first kappa shape index (κ1) is 24.7. The number of hydrogen-bond donors (Lipinski definition) is 1. The van der Waals surface area contributed by atoms with E-state index in [4.69, 9.17) is 9.47 Å². The summed E-state index contributed by atoms with van der Waals surface area (Å²) in [5, 5.41) is 3.23. The van der Waals surface area contributed by atoms with Gasteiger partial charge in [-0.3, -0.25) is 4.79 Å². The first-order valence-corrected chi connectivity index (χ1v) is 12.3. The van der Waals surface area contributed by atoms with Crippen LogP contribution in [0.25, 0.3) is 0 Å². The van der Waals surface area contributed by atoms with Crippen LogP contribution in [-0.2, 0) is 20.9 Å². The van der Waals surface area contributed by atoms with Crippen LogP contribution in [0.5, 0.6) is 0 Å². The molecule has 3 aromatic carbocycles. The van der Waals surface area contributed by atoms with Gasteiger partial charge >= 0.3 is 5.97 Å². The van der Waals surface area contributed by atoms with E-state index in [-0.39, 0.29) is 36.4 Å². The molecule has 0 saturated heterocycles. The molecule has 4 rings (SSSR count). The lowest BCUT2D eigenvalue weighted by Crippen LogP contribution is -2.39. The van der Waals surface area contributed by atoms with Crippen molar-refractivity contribution in [3.63, 3.8) is 0 Å². The Morgan fingerprint density at radius 3 is 2.23 bits per heavy atom. The second kappa shape index (κ2) is 12.3. The number of amides is 1. The highest BCUT2D eigenvalue weighted by Crippen LogP contribution is 2.38. The fourth-order valence-corrected chi connectivity index (χ4v) is 4.87. The number of carbonyl (C=O) groups excluding carboxylic acids is 2. The van der Waals surface area contributed by atoms with E-state index in [1.165, 1.54) is 0 Å². The second-order valence-electron chi connectivity index (χ2n) is 9.11. The molecule has 1 saturated carbocycles. The molecule has 182 valence electrons. The van der Waals surface area contributed by atoms with Crippen LogP contribution in [-0.4, -0.2) is 25.6 Å². The van der Waals surface area contributed by atoms with E-state index in [9.17, 15) is 9.59 Å². The molecule has 3 atom stereocenters. The van der Waals surface area contributed by atoms with Crippen LogP contribution in [0.2, 0.25) is 0 Å². The largest absolute Gasteiger partial charge is 0.457 e. The van der Waals surface area contributed by atoms with Crippen molar-refractivity contribution >= 4 is 11.9 Å². The van der Waals surface area contributed by atoms with Gasteiger partial charge in [0.15, 0.2) is 0 Å². The predicted molar refractivity (Wildman–Crippen MR) is 136 cm³/mol. The Morgan fingerprint density at radius 2 is 1.54 bits per heavy atom. The van der Waals surface area contributed by atoms with Gasteiger partial charge in [-0.05, 0) is 47.6 Å². The molecular weight excluding hydrogens is 438 g/mol. The molecule has 0 bridgehead atoms. The Kier molecular flexibility index (Phi) is 8.68. The Morgan fingerprint density at radius 1 is 0.886 bits per heavy atom. The van der Waals surface area contributed by atoms with Crippen molar-refractivity contribution in [3.8, 4) is 0 Å². The van der Waals surface area contributed by atoms with Crippen LogP contribution in [0.15, 0.2) is 84.9 Å². The molecule has 0 heterocycles. The molecule has 1 aliphatic carbocycles. The lowest BCUT2D eigenvalue weighted by Gasteiger charge is -2.32. The highest BCUT2D eigenvalue weighted by molar-refractivity contribution is 5.89. The Labute approximate surface area is 207 Å². The monoisotopic (exact) mass is 471 g/mol. The fraction of sp³-hybridized carbons (Fsp3) is 0.333. The third-order valence-corrected chi connectivity index (χ3v) is 6.74. The van der Waals surface area contributed by atoms with Crippen molar-refractivity contribution in [3.05, 3.63) is 107 Å². The first-order chi connectivity index (χ1) is 17.2. The Hall–Kier alpha value is -3.44. The summed E-state index contributed by atoms with van der Waals surface area (Å²) in [6.07, 6.45) is 3.94. The Bertz CT molecular complexity index is 1080. The maximum atomic E-state index is 13.4. The van der Waals surface area contributed by atoms with E-state index in [2.05, 4.69) is 5.32 Å². The van der Waals surface area contributed by atoms with Crippen molar-refractivity contribution in [2.45, 2.75) is 44.2 Å². The number of hydrogen-bond acceptors (Lipinski definition) is 4. The minimum Gasteiger partial charge on any atom is -0.457 e. The molecule has 3 aromatic rings. The summed E-state index contributed by atoms with van der Waals surface area (Å²) in [6, 6.07) is 27.0. The maximum Gasteiger partial charge on any atom is 0.338 e. The SMILES string of the molecule is COC[C@H](NC(=O)[C@H]1CCCC[C@@H]1c1ccc(C(=O)OCc2ccccc2)cc1)c1ccccc1. The number of ether oxygens (including phenoxy) is 2. The van der Waals surface area contributed by atoms with Gasteiger partial charge in [0.1, 0.15) is 6.61 Å². The van der Waals surface area contributed by atoms with E-state index in [1.54, 1.807) is 7.11 Å². The molecule has 1 fully saturated rings. The van der Waals surface area contributed by atoms with E-state index in [0.29, 0.717) is 12.2 Å². The van der Waals surface area contributed by atoms with Crippen LogP contribution >= 0.6 is 0 Å². The number of nitrogens with one attached hydrogen (secondary N) is 1. The van der Waals surface area contributed by atoms with Gasteiger partial charge < -0.3 is 14.8 Å². The third-order valence-electron chi connectivity index (χ3n) is 6.74. The highest BCUT2D eigenvalue weighted by Gasteiger charge is 2.33. The molecule has 0 aromatic heterocycles. The molecule has 0 radical (unpaired) electrons. The quantitative estimate of drug-likeness (QED) is 0.399. The zero-order chi connectivity index (χ0) is 24.5. The normalized spacial score (nSPS) is 18.4. The van der Waals surface area contributed by atoms with Crippen molar-refractivity contribution in [2.24, 2.45) is 5.92 Å². The van der Waals surface area contributed by atoms with E-state index >= 15 is 0 Å². The molecule has 0 aliphatic heterocycles. The molecule has 1 aliphatic rings. The van der Waals surface area contributed by atoms with Gasteiger partial charge in [-0.2, -0.15) is 0 Å². The van der Waals surface area contributed by atoms with Crippen LogP contribution in [0.3, 0.4) is 0 Å². The minimum atomic E-state index is -0.344. The summed E-state index contributed by atoms with van der Waals surface area (Å²) >= 11 is 0. The highest BCUT2D eigenvalue weighted by atomic mass is 16.5. The van der Waals surface area contributed by atoms with Gasteiger partial charge in [-0.1, -0.05) is 85.6 Å². The van der Waals surface area contributed by atoms with Gasteiger partial charge in [0, 0.05) is 13.0 Å². The number of esters is 1. The second-order valence-corrected chi connectivity index (χ2v) is 9.11. The zero-order valence-electron chi connectivity index (χ0n) is 20.2. The standard InChI is InChI=1S/C30H33NO4/c1-34-21-28(24-12-6-3-7-13-24)31-29(32)27-15-9-8-14-26(27)23-16-18-25(19-17-23)30(33)35-20-22-10-4-2-5-11-22/h2-7,10-13,16-19,26-28H,8-9,14-15,20-21H2,1H3,(H,31,32)/t26-,27+,28+/m1/s1. The summed E-state index contributed by atoms with van der Waals surface area (Å²) in [5.74, 6) is -0.268. The molecule has 5 nitrogen and oxygen atoms in total. The van der Waals surface area contributed by atoms with Crippen LogP contribution in [0.4, 0.5) is 0 Å². The van der Waals surface area contributed by atoms with Crippen molar-refractivity contribution in [2.75, 3.05) is 13.7 Å². The minimum absolute atomic E-state index is 0.0620. The lowest BCUT2D eigenvalue weighted by molar-refractivity contribution is -0.127. The maximum absolute atomic E-state index is 13.4. The smallest absolute Gasteiger partial charge is 0.338 e. The number of rotatable bonds is 9. The summed E-state index contributed by atoms with van der Waals surface area (Å²) in [6.45, 7) is 0.670. The fourth-order valence-electron chi connectivity index (χ4n) is 4.87. The average Bonchev–Trinajstić information content (AvgIpc) is 2.92. The third kappa shape index (κ3) is 6.58. The van der Waals surface area contributed by atoms with Gasteiger partial charge in [0.2, 0.25) is 5.91 Å². The first-order valence-electron chi connectivity index (χ1n) is 12.3. The molecular formula is C30H33NO4. The Balaban J connectivity index is 1.42. The van der Waals surface area contributed by atoms with Crippen LogP contribution in [0, 0.1) is 5.92 Å². The summed E-state index contributed by atoms with van der Waals surface area (Å²) in [7, 11) is 1.65.